The molecule has 4 nitrogen and oxygen atoms in total. The molecule has 0 unspecified atom stereocenters. The predicted octanol–water partition coefficient (Wildman–Crippen LogP) is 1.19. The first-order valence-electron chi connectivity index (χ1n) is 6.42. The summed E-state index contributed by atoms with van der Waals surface area (Å²) >= 11 is 1.91. The van der Waals surface area contributed by atoms with E-state index in [-0.39, 0.29) is 11.8 Å². The summed E-state index contributed by atoms with van der Waals surface area (Å²) in [6.45, 7) is 3.91. The van der Waals surface area contributed by atoms with E-state index in [9.17, 15) is 8.42 Å². The molecule has 1 rings (SSSR count). The lowest BCUT2D eigenvalue weighted by Gasteiger charge is -2.22. The lowest BCUT2D eigenvalue weighted by molar-refractivity contribution is 0.525. The van der Waals surface area contributed by atoms with E-state index in [1.807, 2.05) is 11.8 Å². The van der Waals surface area contributed by atoms with Crippen molar-refractivity contribution in [2.24, 2.45) is 0 Å². The van der Waals surface area contributed by atoms with Crippen molar-refractivity contribution in [3.8, 4) is 0 Å². The van der Waals surface area contributed by atoms with Crippen LogP contribution in [0, 0.1) is 0 Å². The van der Waals surface area contributed by atoms with Gasteiger partial charge in [0.1, 0.15) is 0 Å². The standard InChI is InChI=1S/C11H24N2O2S2/c1-2-12-7-3-4-10-17(14,15)13-11-5-8-16-9-6-11/h11-13H,2-10H2,1H3. The Kier molecular flexibility index (Phi) is 7.50. The van der Waals surface area contributed by atoms with E-state index in [0.717, 1.165) is 50.3 Å². The van der Waals surface area contributed by atoms with Crippen molar-refractivity contribution in [1.82, 2.24) is 10.0 Å². The maximum absolute atomic E-state index is 11.8. The van der Waals surface area contributed by atoms with Crippen LogP contribution in [-0.2, 0) is 10.0 Å². The smallest absolute Gasteiger partial charge is 0.211 e. The fourth-order valence-corrected chi connectivity index (χ4v) is 4.40. The van der Waals surface area contributed by atoms with E-state index in [4.69, 9.17) is 0 Å². The quantitative estimate of drug-likeness (QED) is 0.656. The Balaban J connectivity index is 2.16. The molecule has 17 heavy (non-hydrogen) atoms. The number of thioether (sulfide) groups is 1. The molecule has 0 saturated carbocycles. The van der Waals surface area contributed by atoms with Crippen molar-refractivity contribution in [3.05, 3.63) is 0 Å². The Bertz CT molecular complexity index is 288. The largest absolute Gasteiger partial charge is 0.317 e. The van der Waals surface area contributed by atoms with Gasteiger partial charge in [0.05, 0.1) is 5.75 Å². The number of sulfonamides is 1. The molecule has 0 bridgehead atoms. The van der Waals surface area contributed by atoms with Gasteiger partial charge in [0.2, 0.25) is 10.0 Å². The Hall–Kier alpha value is 0.220. The Morgan fingerprint density at radius 2 is 1.94 bits per heavy atom. The van der Waals surface area contributed by atoms with Gasteiger partial charge in [0.15, 0.2) is 0 Å². The van der Waals surface area contributed by atoms with Gasteiger partial charge in [-0.05, 0) is 50.3 Å². The van der Waals surface area contributed by atoms with Crippen molar-refractivity contribution in [2.45, 2.75) is 38.6 Å². The molecule has 1 heterocycles. The molecule has 1 fully saturated rings. The lowest BCUT2D eigenvalue weighted by atomic mass is 10.2. The van der Waals surface area contributed by atoms with Gasteiger partial charge < -0.3 is 5.32 Å². The van der Waals surface area contributed by atoms with Gasteiger partial charge in [-0.2, -0.15) is 11.8 Å². The molecule has 1 aliphatic rings. The molecule has 0 radical (unpaired) electrons. The van der Waals surface area contributed by atoms with Crippen LogP contribution in [0.4, 0.5) is 0 Å². The van der Waals surface area contributed by atoms with Crippen molar-refractivity contribution in [3.63, 3.8) is 0 Å². The van der Waals surface area contributed by atoms with Crippen molar-refractivity contribution < 1.29 is 8.42 Å². The fraction of sp³-hybridized carbons (Fsp3) is 1.00. The Labute approximate surface area is 109 Å². The minimum absolute atomic E-state index is 0.176. The molecule has 0 aromatic rings. The highest BCUT2D eigenvalue weighted by molar-refractivity contribution is 7.99. The van der Waals surface area contributed by atoms with Gasteiger partial charge in [-0.25, -0.2) is 13.1 Å². The SMILES string of the molecule is CCNCCCCS(=O)(=O)NC1CCSCC1. The third-order valence-corrected chi connectivity index (χ3v) is 5.40. The molecular weight excluding hydrogens is 256 g/mol. The molecule has 0 atom stereocenters. The number of hydrogen-bond acceptors (Lipinski definition) is 4. The number of rotatable bonds is 8. The summed E-state index contributed by atoms with van der Waals surface area (Å²) in [5.74, 6) is 2.42. The zero-order valence-corrected chi connectivity index (χ0v) is 12.2. The van der Waals surface area contributed by atoms with Gasteiger partial charge in [0.25, 0.3) is 0 Å². The maximum atomic E-state index is 11.8. The molecule has 2 N–H and O–H groups in total. The van der Waals surface area contributed by atoms with Gasteiger partial charge in [-0.1, -0.05) is 6.92 Å². The molecule has 102 valence electrons. The summed E-state index contributed by atoms with van der Waals surface area (Å²) < 4.78 is 26.4. The van der Waals surface area contributed by atoms with Crippen LogP contribution in [0.15, 0.2) is 0 Å². The summed E-state index contributed by atoms with van der Waals surface area (Å²) in [4.78, 5) is 0. The van der Waals surface area contributed by atoms with E-state index >= 15 is 0 Å². The minimum Gasteiger partial charge on any atom is -0.317 e. The Morgan fingerprint density at radius 1 is 1.24 bits per heavy atom. The van der Waals surface area contributed by atoms with E-state index in [2.05, 4.69) is 17.0 Å². The van der Waals surface area contributed by atoms with Gasteiger partial charge in [-0.3, -0.25) is 0 Å². The van der Waals surface area contributed by atoms with Crippen molar-refractivity contribution in [1.29, 1.82) is 0 Å². The minimum atomic E-state index is -3.06. The molecule has 1 aliphatic heterocycles. The molecule has 0 aromatic heterocycles. The van der Waals surface area contributed by atoms with E-state index in [0.29, 0.717) is 0 Å². The van der Waals surface area contributed by atoms with Crippen LogP contribution >= 0.6 is 11.8 Å². The highest BCUT2D eigenvalue weighted by Gasteiger charge is 2.19. The van der Waals surface area contributed by atoms with E-state index < -0.39 is 10.0 Å². The van der Waals surface area contributed by atoms with Crippen LogP contribution in [0.5, 0.6) is 0 Å². The van der Waals surface area contributed by atoms with Crippen LogP contribution in [0.25, 0.3) is 0 Å². The first kappa shape index (κ1) is 15.3. The Morgan fingerprint density at radius 3 is 2.59 bits per heavy atom. The van der Waals surface area contributed by atoms with Crippen LogP contribution in [-0.4, -0.2) is 44.8 Å². The van der Waals surface area contributed by atoms with Crippen LogP contribution in [0.3, 0.4) is 0 Å². The van der Waals surface area contributed by atoms with Gasteiger partial charge in [0, 0.05) is 6.04 Å². The summed E-state index contributed by atoms with van der Waals surface area (Å²) in [6.07, 6.45) is 3.61. The average Bonchev–Trinajstić information content (AvgIpc) is 2.29. The monoisotopic (exact) mass is 280 g/mol. The van der Waals surface area contributed by atoms with E-state index in [1.165, 1.54) is 0 Å². The summed E-state index contributed by atoms with van der Waals surface area (Å²) in [7, 11) is -3.06. The van der Waals surface area contributed by atoms with Crippen molar-refractivity contribution >= 4 is 21.8 Å². The molecule has 0 aliphatic carbocycles. The van der Waals surface area contributed by atoms with Crippen LogP contribution in [0.2, 0.25) is 0 Å². The highest BCUT2D eigenvalue weighted by atomic mass is 32.2. The predicted molar refractivity (Wildman–Crippen MR) is 75.0 cm³/mol. The zero-order chi connectivity index (χ0) is 12.6. The summed E-state index contributed by atoms with van der Waals surface area (Å²) in [5.41, 5.74) is 0. The second-order valence-electron chi connectivity index (χ2n) is 4.38. The summed E-state index contributed by atoms with van der Waals surface area (Å²) in [5, 5.41) is 3.20. The molecule has 0 spiro atoms. The summed E-state index contributed by atoms with van der Waals surface area (Å²) in [6, 6.07) is 0.176. The average molecular weight is 280 g/mol. The molecule has 6 heteroatoms. The third kappa shape index (κ3) is 7.28. The first-order chi connectivity index (χ1) is 8.14. The second kappa shape index (κ2) is 8.34. The first-order valence-corrected chi connectivity index (χ1v) is 9.23. The normalized spacial score (nSPS) is 18.4. The van der Waals surface area contributed by atoms with Crippen molar-refractivity contribution in [2.75, 3.05) is 30.3 Å². The van der Waals surface area contributed by atoms with Gasteiger partial charge in [-0.15, -0.1) is 0 Å². The third-order valence-electron chi connectivity index (χ3n) is 2.83. The van der Waals surface area contributed by atoms with Crippen LogP contribution < -0.4 is 10.0 Å². The molecule has 0 aromatic carbocycles. The highest BCUT2D eigenvalue weighted by Crippen LogP contribution is 2.17. The number of unbranched alkanes of at least 4 members (excludes halogenated alkanes) is 1. The maximum Gasteiger partial charge on any atom is 0.211 e. The van der Waals surface area contributed by atoms with Gasteiger partial charge >= 0.3 is 0 Å². The molecule has 0 amide bonds. The number of hydrogen-bond donors (Lipinski definition) is 2. The van der Waals surface area contributed by atoms with Crippen LogP contribution in [0.1, 0.15) is 32.6 Å². The second-order valence-corrected chi connectivity index (χ2v) is 7.48. The topological polar surface area (TPSA) is 58.2 Å². The van der Waals surface area contributed by atoms with E-state index in [1.54, 1.807) is 0 Å². The number of nitrogens with one attached hydrogen (secondary N) is 2. The lowest BCUT2D eigenvalue weighted by Crippen LogP contribution is -2.38. The zero-order valence-electron chi connectivity index (χ0n) is 10.6. The molecule has 1 saturated heterocycles. The molecular formula is C11H24N2O2S2. The fourth-order valence-electron chi connectivity index (χ4n) is 1.85.